The first-order chi connectivity index (χ1) is 9.43. The van der Waals surface area contributed by atoms with Crippen LogP contribution in [-0.4, -0.2) is 22.5 Å². The molecule has 0 spiro atoms. The molecule has 0 aliphatic heterocycles. The van der Waals surface area contributed by atoms with Crippen LogP contribution >= 0.6 is 0 Å². The molecule has 0 atom stereocenters. The minimum atomic E-state index is -4.60. The van der Waals surface area contributed by atoms with Gasteiger partial charge >= 0.3 is 6.18 Å². The topological polar surface area (TPSA) is 61.8 Å². The Kier molecular flexibility index (Phi) is 3.78. The highest BCUT2D eigenvalue weighted by Crippen LogP contribution is 2.31. The lowest BCUT2D eigenvalue weighted by Crippen LogP contribution is -2.09. The molecule has 106 valence electrons. The van der Waals surface area contributed by atoms with Gasteiger partial charge in [0.2, 0.25) is 11.7 Å². The van der Waals surface area contributed by atoms with Crippen molar-refractivity contribution in [3.8, 4) is 11.3 Å². The molecule has 7 heteroatoms. The molecule has 0 unspecified atom stereocenters. The molecular formula is C13H12F3N3O. The van der Waals surface area contributed by atoms with E-state index in [4.69, 9.17) is 10.1 Å². The molecule has 0 amide bonds. The number of hydrogen-bond donors (Lipinski definition) is 2. The molecule has 0 radical (unpaired) electrons. The molecule has 2 rings (SSSR count). The maximum absolute atomic E-state index is 12.7. The van der Waals surface area contributed by atoms with Crippen molar-refractivity contribution in [1.29, 1.82) is 5.41 Å². The highest BCUT2D eigenvalue weighted by atomic mass is 19.4. The van der Waals surface area contributed by atoms with E-state index >= 15 is 0 Å². The van der Waals surface area contributed by atoms with Crippen molar-refractivity contribution in [2.75, 3.05) is 6.61 Å². The lowest BCUT2D eigenvalue weighted by Gasteiger charge is -2.04. The number of rotatable bonds is 3. The van der Waals surface area contributed by atoms with Crippen molar-refractivity contribution in [3.63, 3.8) is 0 Å². The quantitative estimate of drug-likeness (QED) is 0.669. The van der Waals surface area contributed by atoms with Crippen molar-refractivity contribution in [2.45, 2.75) is 13.1 Å². The molecule has 0 bridgehead atoms. The van der Waals surface area contributed by atoms with Crippen LogP contribution in [0.5, 0.6) is 0 Å². The molecule has 0 aliphatic rings. The molecule has 4 nitrogen and oxygen atoms in total. The van der Waals surface area contributed by atoms with E-state index in [1.807, 2.05) is 0 Å². The number of alkyl halides is 3. The zero-order valence-corrected chi connectivity index (χ0v) is 10.6. The zero-order chi connectivity index (χ0) is 14.8. The van der Waals surface area contributed by atoms with Gasteiger partial charge in [-0.25, -0.2) is 4.98 Å². The van der Waals surface area contributed by atoms with Crippen LogP contribution in [0, 0.1) is 5.41 Å². The van der Waals surface area contributed by atoms with E-state index in [1.165, 1.54) is 0 Å². The summed E-state index contributed by atoms with van der Waals surface area (Å²) < 4.78 is 43.2. The van der Waals surface area contributed by atoms with Crippen LogP contribution in [0.2, 0.25) is 0 Å². The summed E-state index contributed by atoms with van der Waals surface area (Å²) in [5.41, 5.74) is 0.483. The Morgan fingerprint density at radius 2 is 1.95 bits per heavy atom. The number of aromatic nitrogens is 2. The van der Waals surface area contributed by atoms with Crippen molar-refractivity contribution in [3.05, 3.63) is 41.9 Å². The fourth-order valence-corrected chi connectivity index (χ4v) is 1.70. The summed E-state index contributed by atoms with van der Waals surface area (Å²) in [5.74, 6) is -1.53. The lowest BCUT2D eigenvalue weighted by atomic mass is 10.1. The number of imidazole rings is 1. The van der Waals surface area contributed by atoms with Crippen LogP contribution < -0.4 is 0 Å². The summed E-state index contributed by atoms with van der Waals surface area (Å²) >= 11 is 0. The SMILES string of the molecule is CCOC(=N)c1nc(C(F)(F)F)[nH]c1-c1ccccc1. The van der Waals surface area contributed by atoms with Gasteiger partial charge in [0.05, 0.1) is 12.3 Å². The number of nitrogens with zero attached hydrogens (tertiary/aromatic N) is 1. The normalized spacial score (nSPS) is 11.4. The van der Waals surface area contributed by atoms with Crippen LogP contribution in [0.25, 0.3) is 11.3 Å². The maximum atomic E-state index is 12.7. The molecule has 0 saturated carbocycles. The van der Waals surface area contributed by atoms with Gasteiger partial charge in [-0.15, -0.1) is 0 Å². The Morgan fingerprint density at radius 3 is 2.50 bits per heavy atom. The van der Waals surface area contributed by atoms with Crippen LogP contribution in [0.15, 0.2) is 30.3 Å². The van der Waals surface area contributed by atoms with E-state index in [0.29, 0.717) is 5.56 Å². The Bertz CT molecular complexity index is 605. The van der Waals surface area contributed by atoms with E-state index in [1.54, 1.807) is 37.3 Å². The summed E-state index contributed by atoms with van der Waals surface area (Å²) in [7, 11) is 0. The van der Waals surface area contributed by atoms with Crippen molar-refractivity contribution in [1.82, 2.24) is 9.97 Å². The van der Waals surface area contributed by atoms with E-state index in [9.17, 15) is 13.2 Å². The van der Waals surface area contributed by atoms with E-state index in [2.05, 4.69) is 9.97 Å². The van der Waals surface area contributed by atoms with Crippen molar-refractivity contribution >= 4 is 5.90 Å². The monoisotopic (exact) mass is 283 g/mol. The summed E-state index contributed by atoms with van der Waals surface area (Å²) in [6.45, 7) is 1.83. The van der Waals surface area contributed by atoms with Crippen LogP contribution in [-0.2, 0) is 10.9 Å². The highest BCUT2D eigenvalue weighted by Gasteiger charge is 2.36. The maximum Gasteiger partial charge on any atom is 0.449 e. The predicted octanol–water partition coefficient (Wildman–Crippen LogP) is 3.46. The predicted molar refractivity (Wildman–Crippen MR) is 67.5 cm³/mol. The second-order valence-electron chi connectivity index (χ2n) is 3.93. The molecule has 1 aromatic heterocycles. The van der Waals surface area contributed by atoms with Gasteiger partial charge in [-0.1, -0.05) is 30.3 Å². The standard InChI is InChI=1S/C13H12F3N3O/c1-2-20-11(17)10-9(8-6-4-3-5-7-8)18-12(19-10)13(14,15)16/h3-7,17H,2H2,1H3,(H,18,19). The third-order valence-corrected chi connectivity index (χ3v) is 2.54. The second kappa shape index (κ2) is 5.36. The van der Waals surface area contributed by atoms with Gasteiger partial charge in [0.25, 0.3) is 0 Å². The van der Waals surface area contributed by atoms with E-state index < -0.39 is 17.9 Å². The third kappa shape index (κ3) is 2.81. The largest absolute Gasteiger partial charge is 0.477 e. The molecule has 20 heavy (non-hydrogen) atoms. The number of hydrogen-bond acceptors (Lipinski definition) is 3. The Hall–Kier alpha value is -2.31. The molecule has 1 aromatic carbocycles. The first kappa shape index (κ1) is 14.1. The van der Waals surface area contributed by atoms with E-state index in [0.717, 1.165) is 0 Å². The Morgan fingerprint density at radius 1 is 1.30 bits per heavy atom. The molecule has 0 aliphatic carbocycles. The fourth-order valence-electron chi connectivity index (χ4n) is 1.70. The van der Waals surface area contributed by atoms with Crippen LogP contribution in [0.4, 0.5) is 13.2 Å². The number of benzene rings is 1. The number of nitrogens with one attached hydrogen (secondary N) is 2. The van der Waals surface area contributed by atoms with Crippen LogP contribution in [0.1, 0.15) is 18.4 Å². The Labute approximate surface area is 113 Å². The van der Waals surface area contributed by atoms with Gasteiger partial charge in [-0.2, -0.15) is 13.2 Å². The molecule has 1 heterocycles. The molecule has 2 aromatic rings. The van der Waals surface area contributed by atoms with Gasteiger partial charge in [0.15, 0.2) is 5.69 Å². The van der Waals surface area contributed by atoms with Crippen molar-refractivity contribution < 1.29 is 17.9 Å². The van der Waals surface area contributed by atoms with Gasteiger partial charge in [-0.3, -0.25) is 5.41 Å². The molecular weight excluding hydrogens is 271 g/mol. The smallest absolute Gasteiger partial charge is 0.449 e. The van der Waals surface area contributed by atoms with Gasteiger partial charge in [-0.05, 0) is 6.92 Å². The average molecular weight is 283 g/mol. The van der Waals surface area contributed by atoms with Gasteiger partial charge < -0.3 is 9.72 Å². The van der Waals surface area contributed by atoms with Crippen LogP contribution in [0.3, 0.4) is 0 Å². The van der Waals surface area contributed by atoms with Gasteiger partial charge in [0.1, 0.15) is 0 Å². The molecule has 0 fully saturated rings. The average Bonchev–Trinajstić information content (AvgIpc) is 2.85. The zero-order valence-electron chi connectivity index (χ0n) is 10.6. The minimum absolute atomic E-state index is 0.122. The summed E-state index contributed by atoms with van der Waals surface area (Å²) in [6.07, 6.45) is -4.60. The lowest BCUT2D eigenvalue weighted by molar-refractivity contribution is -0.144. The number of ether oxygens (including phenoxy) is 1. The number of H-pyrrole nitrogens is 1. The molecule has 0 saturated heterocycles. The first-order valence-electron chi connectivity index (χ1n) is 5.87. The Balaban J connectivity index is 2.54. The van der Waals surface area contributed by atoms with E-state index in [-0.39, 0.29) is 18.0 Å². The second-order valence-corrected chi connectivity index (χ2v) is 3.93. The third-order valence-electron chi connectivity index (χ3n) is 2.54. The molecule has 2 N–H and O–H groups in total. The van der Waals surface area contributed by atoms with Gasteiger partial charge in [0, 0.05) is 5.56 Å². The number of aromatic amines is 1. The minimum Gasteiger partial charge on any atom is -0.477 e. The fraction of sp³-hybridized carbons (Fsp3) is 0.231. The summed E-state index contributed by atoms with van der Waals surface area (Å²) in [5, 5.41) is 7.67. The first-order valence-corrected chi connectivity index (χ1v) is 5.87. The summed E-state index contributed by atoms with van der Waals surface area (Å²) in [6, 6.07) is 8.40. The number of halogens is 3. The van der Waals surface area contributed by atoms with Crippen molar-refractivity contribution in [2.24, 2.45) is 0 Å². The summed E-state index contributed by atoms with van der Waals surface area (Å²) in [4.78, 5) is 5.67. The highest BCUT2D eigenvalue weighted by molar-refractivity contribution is 5.96.